The Balaban J connectivity index is 2.26. The summed E-state index contributed by atoms with van der Waals surface area (Å²) in [5.41, 5.74) is 10.9. The molecule has 2 N–H and O–H groups in total. The quantitative estimate of drug-likeness (QED) is 0.886. The largest absolute Gasteiger partial charge is 0.354 e. The zero-order chi connectivity index (χ0) is 13.1. The van der Waals surface area contributed by atoms with Gasteiger partial charge in [-0.15, -0.1) is 11.3 Å². The SMILES string of the molecule is Cc1nn(C)c(N(C)Cc2cscn2)c1CCN. The highest BCUT2D eigenvalue weighted by Crippen LogP contribution is 2.23. The number of nitrogens with two attached hydrogens (primary N) is 1. The van der Waals surface area contributed by atoms with Crippen LogP contribution in [0, 0.1) is 6.92 Å². The van der Waals surface area contributed by atoms with Crippen LogP contribution in [0.3, 0.4) is 0 Å². The van der Waals surface area contributed by atoms with E-state index in [4.69, 9.17) is 5.73 Å². The zero-order valence-electron chi connectivity index (χ0n) is 11.1. The van der Waals surface area contributed by atoms with E-state index in [0.717, 1.165) is 30.2 Å². The van der Waals surface area contributed by atoms with Gasteiger partial charge in [0.05, 0.1) is 23.4 Å². The highest BCUT2D eigenvalue weighted by atomic mass is 32.1. The van der Waals surface area contributed by atoms with Crippen LogP contribution in [0.1, 0.15) is 17.0 Å². The van der Waals surface area contributed by atoms with Gasteiger partial charge in [-0.1, -0.05) is 0 Å². The van der Waals surface area contributed by atoms with Crippen LogP contribution >= 0.6 is 11.3 Å². The molecular weight excluding hydrogens is 246 g/mol. The molecule has 0 fully saturated rings. The first-order valence-corrected chi connectivity index (χ1v) is 6.88. The van der Waals surface area contributed by atoms with Gasteiger partial charge in [-0.25, -0.2) is 4.98 Å². The van der Waals surface area contributed by atoms with Crippen molar-refractivity contribution in [2.75, 3.05) is 18.5 Å². The first-order chi connectivity index (χ1) is 8.63. The average molecular weight is 265 g/mol. The smallest absolute Gasteiger partial charge is 0.130 e. The van der Waals surface area contributed by atoms with E-state index in [9.17, 15) is 0 Å². The second-order valence-corrected chi connectivity index (χ2v) is 5.10. The molecule has 0 spiro atoms. The summed E-state index contributed by atoms with van der Waals surface area (Å²) in [6.07, 6.45) is 0.858. The van der Waals surface area contributed by atoms with E-state index in [1.807, 2.05) is 24.2 Å². The van der Waals surface area contributed by atoms with E-state index < -0.39 is 0 Å². The maximum absolute atomic E-state index is 5.68. The second-order valence-electron chi connectivity index (χ2n) is 4.39. The summed E-state index contributed by atoms with van der Waals surface area (Å²) in [6.45, 7) is 3.47. The topological polar surface area (TPSA) is 60.0 Å². The predicted octanol–water partition coefficient (Wildman–Crippen LogP) is 1.32. The molecular formula is C12H19N5S. The highest BCUT2D eigenvalue weighted by Gasteiger charge is 2.16. The lowest BCUT2D eigenvalue weighted by atomic mass is 10.1. The molecule has 2 aromatic heterocycles. The number of hydrogen-bond acceptors (Lipinski definition) is 5. The van der Waals surface area contributed by atoms with Crippen LogP contribution in [0.25, 0.3) is 0 Å². The number of thiazole rings is 1. The monoisotopic (exact) mass is 265 g/mol. The van der Waals surface area contributed by atoms with Crippen LogP contribution in [-0.2, 0) is 20.0 Å². The average Bonchev–Trinajstić information content (AvgIpc) is 2.89. The Kier molecular flexibility index (Phi) is 3.98. The molecule has 0 saturated heterocycles. The first kappa shape index (κ1) is 13.0. The fourth-order valence-electron chi connectivity index (χ4n) is 2.24. The zero-order valence-corrected chi connectivity index (χ0v) is 11.9. The Morgan fingerprint density at radius 3 is 2.89 bits per heavy atom. The van der Waals surface area contributed by atoms with Gasteiger partial charge >= 0.3 is 0 Å². The molecule has 18 heavy (non-hydrogen) atoms. The number of rotatable bonds is 5. The lowest BCUT2D eigenvalue weighted by molar-refractivity contribution is 0.722. The molecule has 0 unspecified atom stereocenters. The van der Waals surface area contributed by atoms with Crippen molar-refractivity contribution in [3.63, 3.8) is 0 Å². The number of aryl methyl sites for hydroxylation is 2. The molecule has 2 aromatic rings. The highest BCUT2D eigenvalue weighted by molar-refractivity contribution is 7.07. The van der Waals surface area contributed by atoms with Crippen LogP contribution in [0.15, 0.2) is 10.9 Å². The molecule has 0 amide bonds. The molecule has 6 heteroatoms. The third kappa shape index (κ3) is 2.54. The van der Waals surface area contributed by atoms with Crippen molar-refractivity contribution in [3.05, 3.63) is 27.8 Å². The van der Waals surface area contributed by atoms with E-state index in [-0.39, 0.29) is 0 Å². The van der Waals surface area contributed by atoms with Crippen molar-refractivity contribution in [3.8, 4) is 0 Å². The minimum Gasteiger partial charge on any atom is -0.354 e. The molecule has 2 heterocycles. The Bertz CT molecular complexity index is 503. The van der Waals surface area contributed by atoms with Crippen LogP contribution in [0.5, 0.6) is 0 Å². The number of nitrogens with zero attached hydrogens (tertiary/aromatic N) is 4. The van der Waals surface area contributed by atoms with Gasteiger partial charge in [-0.3, -0.25) is 4.68 Å². The summed E-state index contributed by atoms with van der Waals surface area (Å²) in [7, 11) is 4.04. The van der Waals surface area contributed by atoms with Crippen molar-refractivity contribution >= 4 is 17.2 Å². The number of hydrogen-bond donors (Lipinski definition) is 1. The predicted molar refractivity (Wildman–Crippen MR) is 74.9 cm³/mol. The molecule has 0 radical (unpaired) electrons. The van der Waals surface area contributed by atoms with Crippen LogP contribution < -0.4 is 10.6 Å². The number of aromatic nitrogens is 3. The Morgan fingerprint density at radius 2 is 2.28 bits per heavy atom. The maximum atomic E-state index is 5.68. The summed E-state index contributed by atoms with van der Waals surface area (Å²) in [5, 5.41) is 6.55. The molecule has 0 saturated carbocycles. The van der Waals surface area contributed by atoms with Gasteiger partial charge in [0.1, 0.15) is 5.82 Å². The summed E-state index contributed by atoms with van der Waals surface area (Å²) in [6, 6.07) is 0. The lowest BCUT2D eigenvalue weighted by Crippen LogP contribution is -2.21. The summed E-state index contributed by atoms with van der Waals surface area (Å²) < 4.78 is 1.92. The molecule has 0 aliphatic carbocycles. The van der Waals surface area contributed by atoms with Crippen LogP contribution in [0.4, 0.5) is 5.82 Å². The molecule has 0 atom stereocenters. The summed E-state index contributed by atoms with van der Waals surface area (Å²) >= 11 is 1.62. The first-order valence-electron chi connectivity index (χ1n) is 5.94. The van der Waals surface area contributed by atoms with Gasteiger partial charge in [-0.05, 0) is 19.9 Å². The van der Waals surface area contributed by atoms with Crippen LogP contribution in [-0.4, -0.2) is 28.4 Å². The summed E-state index contributed by atoms with van der Waals surface area (Å²) in [4.78, 5) is 6.50. The van der Waals surface area contributed by atoms with E-state index in [2.05, 4.69) is 27.4 Å². The fourth-order valence-corrected chi connectivity index (χ4v) is 2.79. The lowest BCUT2D eigenvalue weighted by Gasteiger charge is -2.20. The Labute approximate surface area is 111 Å². The van der Waals surface area contributed by atoms with E-state index >= 15 is 0 Å². The second kappa shape index (κ2) is 5.49. The van der Waals surface area contributed by atoms with Crippen LogP contribution in [0.2, 0.25) is 0 Å². The molecule has 0 aliphatic rings. The fraction of sp³-hybridized carbons (Fsp3) is 0.500. The summed E-state index contributed by atoms with van der Waals surface area (Å²) in [5.74, 6) is 1.13. The normalized spacial score (nSPS) is 10.9. The Hall–Kier alpha value is -1.40. The number of anilines is 1. The molecule has 5 nitrogen and oxygen atoms in total. The van der Waals surface area contributed by atoms with Crippen molar-refractivity contribution in [1.29, 1.82) is 0 Å². The molecule has 0 bridgehead atoms. The molecule has 2 rings (SSSR count). The van der Waals surface area contributed by atoms with Gasteiger partial charge in [0.2, 0.25) is 0 Å². The van der Waals surface area contributed by atoms with Crippen molar-refractivity contribution < 1.29 is 0 Å². The van der Waals surface area contributed by atoms with E-state index in [1.165, 1.54) is 5.56 Å². The van der Waals surface area contributed by atoms with E-state index in [1.54, 1.807) is 11.3 Å². The minimum atomic E-state index is 0.643. The maximum Gasteiger partial charge on any atom is 0.130 e. The third-order valence-corrected chi connectivity index (χ3v) is 3.59. The van der Waals surface area contributed by atoms with E-state index in [0.29, 0.717) is 6.54 Å². The van der Waals surface area contributed by atoms with Gasteiger partial charge in [0.25, 0.3) is 0 Å². The molecule has 98 valence electrons. The van der Waals surface area contributed by atoms with Gasteiger partial charge in [-0.2, -0.15) is 5.10 Å². The van der Waals surface area contributed by atoms with Crippen molar-refractivity contribution in [2.24, 2.45) is 12.8 Å². The van der Waals surface area contributed by atoms with Crippen molar-refractivity contribution in [1.82, 2.24) is 14.8 Å². The third-order valence-electron chi connectivity index (χ3n) is 2.95. The standard InChI is InChI=1S/C12H19N5S/c1-9-11(4-5-13)12(17(3)15-9)16(2)6-10-7-18-8-14-10/h7-8H,4-6,13H2,1-3H3. The van der Waals surface area contributed by atoms with Gasteiger partial charge < -0.3 is 10.6 Å². The molecule has 0 aromatic carbocycles. The van der Waals surface area contributed by atoms with Gasteiger partial charge in [0.15, 0.2) is 0 Å². The van der Waals surface area contributed by atoms with Crippen molar-refractivity contribution in [2.45, 2.75) is 19.9 Å². The minimum absolute atomic E-state index is 0.643. The molecule has 0 aliphatic heterocycles. The Morgan fingerprint density at radius 1 is 1.50 bits per heavy atom. The van der Waals surface area contributed by atoms with Gasteiger partial charge in [0, 0.05) is 25.0 Å².